The maximum Gasteiger partial charge on any atom is 0.226 e. The van der Waals surface area contributed by atoms with Gasteiger partial charge in [-0.3, -0.25) is 4.79 Å². The first-order valence-corrected chi connectivity index (χ1v) is 8.42. The van der Waals surface area contributed by atoms with Crippen LogP contribution in [0.5, 0.6) is 0 Å². The molecule has 22 heavy (non-hydrogen) atoms. The van der Waals surface area contributed by atoms with Crippen molar-refractivity contribution < 1.29 is 4.79 Å². The lowest BCUT2D eigenvalue weighted by molar-refractivity contribution is -0.137. The van der Waals surface area contributed by atoms with E-state index in [-0.39, 0.29) is 36.8 Å². The van der Waals surface area contributed by atoms with Gasteiger partial charge in [-0.15, -0.1) is 36.2 Å². The van der Waals surface area contributed by atoms with Crippen molar-refractivity contribution in [3.8, 4) is 0 Å². The zero-order chi connectivity index (χ0) is 14.1. The number of thiazole rings is 1. The third-order valence-electron chi connectivity index (χ3n) is 4.53. The first kappa shape index (κ1) is 19.7. The van der Waals surface area contributed by atoms with E-state index in [9.17, 15) is 4.79 Å². The molecule has 4 nitrogen and oxygen atoms in total. The second-order valence-electron chi connectivity index (χ2n) is 5.93. The lowest BCUT2D eigenvalue weighted by atomic mass is 9.93. The monoisotopic (exact) mass is 365 g/mol. The number of rotatable bonds is 2. The Morgan fingerprint density at radius 1 is 1.27 bits per heavy atom. The summed E-state index contributed by atoms with van der Waals surface area (Å²) in [6.07, 6.45) is 5.26. The quantitative estimate of drug-likeness (QED) is 0.875. The fourth-order valence-corrected chi connectivity index (χ4v) is 4.55. The van der Waals surface area contributed by atoms with Crippen LogP contribution >= 0.6 is 36.2 Å². The molecule has 1 N–H and O–H groups in total. The molecule has 1 aromatic heterocycles. The van der Waals surface area contributed by atoms with Crippen molar-refractivity contribution >= 4 is 42.1 Å². The number of aryl methyl sites for hydroxylation is 2. The summed E-state index contributed by atoms with van der Waals surface area (Å²) in [6, 6.07) is 0.257. The Labute approximate surface area is 148 Å². The van der Waals surface area contributed by atoms with Crippen LogP contribution in [0.15, 0.2) is 0 Å². The van der Waals surface area contributed by atoms with Gasteiger partial charge >= 0.3 is 0 Å². The van der Waals surface area contributed by atoms with Gasteiger partial charge in [-0.2, -0.15) is 0 Å². The molecular weight excluding hydrogens is 341 g/mol. The summed E-state index contributed by atoms with van der Waals surface area (Å²) in [5.41, 5.74) is 1.23. The fraction of sp³-hybridized carbons (Fsp3) is 0.733. The van der Waals surface area contributed by atoms with Gasteiger partial charge in [-0.25, -0.2) is 4.98 Å². The number of aromatic nitrogens is 1. The molecule has 1 atom stereocenters. The van der Waals surface area contributed by atoms with Crippen molar-refractivity contribution in [1.29, 1.82) is 0 Å². The van der Waals surface area contributed by atoms with E-state index in [0.717, 1.165) is 50.2 Å². The Bertz CT molecular complexity index is 503. The molecule has 126 valence electrons. The van der Waals surface area contributed by atoms with E-state index in [4.69, 9.17) is 0 Å². The van der Waals surface area contributed by atoms with Crippen LogP contribution in [0.2, 0.25) is 0 Å². The van der Waals surface area contributed by atoms with Gasteiger partial charge in [0.1, 0.15) is 0 Å². The van der Waals surface area contributed by atoms with Crippen molar-refractivity contribution in [2.75, 3.05) is 20.1 Å². The lowest BCUT2D eigenvalue weighted by Crippen LogP contribution is -2.41. The first-order valence-electron chi connectivity index (χ1n) is 7.60. The SMILES string of the molecule is Cc1nc2c(s1)C(N(C)C(=O)C1CCNCC1)CCC2.Cl.Cl. The minimum Gasteiger partial charge on any atom is -0.338 e. The van der Waals surface area contributed by atoms with Gasteiger partial charge in [0.15, 0.2) is 0 Å². The molecular formula is C15H25Cl2N3OS. The molecule has 7 heteroatoms. The van der Waals surface area contributed by atoms with E-state index < -0.39 is 0 Å². The molecule has 0 aromatic carbocycles. The van der Waals surface area contributed by atoms with E-state index in [1.165, 1.54) is 10.6 Å². The molecule has 0 spiro atoms. The second-order valence-corrected chi connectivity index (χ2v) is 7.16. The van der Waals surface area contributed by atoms with E-state index in [2.05, 4.69) is 17.2 Å². The molecule has 1 unspecified atom stereocenters. The molecule has 3 rings (SSSR count). The Morgan fingerprint density at radius 2 is 1.95 bits per heavy atom. The number of amides is 1. The molecule has 0 radical (unpaired) electrons. The zero-order valence-corrected chi connectivity index (χ0v) is 15.6. The van der Waals surface area contributed by atoms with Crippen molar-refractivity contribution in [3.05, 3.63) is 15.6 Å². The predicted octanol–water partition coefficient (Wildman–Crippen LogP) is 3.13. The number of piperidine rings is 1. The molecule has 1 saturated heterocycles. The van der Waals surface area contributed by atoms with Crippen LogP contribution in [0.1, 0.15) is 47.3 Å². The van der Waals surface area contributed by atoms with Crippen molar-refractivity contribution in [2.24, 2.45) is 5.92 Å². The van der Waals surface area contributed by atoms with E-state index in [1.807, 2.05) is 11.9 Å². The molecule has 2 aliphatic rings. The fourth-order valence-electron chi connectivity index (χ4n) is 3.40. The third kappa shape index (κ3) is 3.94. The molecule has 1 amide bonds. The summed E-state index contributed by atoms with van der Waals surface area (Å²) < 4.78 is 0. The summed E-state index contributed by atoms with van der Waals surface area (Å²) in [4.78, 5) is 20.7. The largest absolute Gasteiger partial charge is 0.338 e. The van der Waals surface area contributed by atoms with Crippen LogP contribution in [0, 0.1) is 12.8 Å². The second kappa shape index (κ2) is 8.48. The van der Waals surface area contributed by atoms with Crippen LogP contribution in [0.3, 0.4) is 0 Å². The number of nitrogens with zero attached hydrogens (tertiary/aromatic N) is 2. The van der Waals surface area contributed by atoms with Crippen molar-refractivity contribution in [2.45, 2.75) is 45.1 Å². The van der Waals surface area contributed by atoms with Gasteiger partial charge in [-0.1, -0.05) is 0 Å². The average molecular weight is 366 g/mol. The summed E-state index contributed by atoms with van der Waals surface area (Å²) in [5, 5.41) is 4.46. The highest BCUT2D eigenvalue weighted by molar-refractivity contribution is 7.11. The number of halogens is 2. The van der Waals surface area contributed by atoms with Gasteiger partial charge in [0.05, 0.1) is 21.6 Å². The number of hydrogen-bond acceptors (Lipinski definition) is 4. The van der Waals surface area contributed by atoms with Gasteiger partial charge in [0.2, 0.25) is 5.91 Å². The van der Waals surface area contributed by atoms with E-state index in [1.54, 1.807) is 11.3 Å². The van der Waals surface area contributed by atoms with E-state index >= 15 is 0 Å². The molecule has 0 saturated carbocycles. The lowest BCUT2D eigenvalue weighted by Gasteiger charge is -2.34. The average Bonchev–Trinajstić information content (AvgIpc) is 2.86. The van der Waals surface area contributed by atoms with Crippen LogP contribution < -0.4 is 5.32 Å². The Balaban J connectivity index is 0.00000121. The molecule has 2 heterocycles. The van der Waals surface area contributed by atoms with E-state index in [0.29, 0.717) is 5.91 Å². The predicted molar refractivity (Wildman–Crippen MR) is 95.4 cm³/mol. The molecule has 1 aliphatic carbocycles. The highest BCUT2D eigenvalue weighted by atomic mass is 35.5. The van der Waals surface area contributed by atoms with Gasteiger partial charge in [0, 0.05) is 13.0 Å². The Hall–Kier alpha value is -0.360. The molecule has 0 bridgehead atoms. The third-order valence-corrected chi connectivity index (χ3v) is 5.65. The topological polar surface area (TPSA) is 45.2 Å². The normalized spacial score (nSPS) is 21.3. The summed E-state index contributed by atoms with van der Waals surface area (Å²) in [7, 11) is 1.99. The van der Waals surface area contributed by atoms with Crippen LogP contribution in [0.4, 0.5) is 0 Å². The number of carbonyl (C=O) groups is 1. The van der Waals surface area contributed by atoms with Crippen LogP contribution in [0.25, 0.3) is 0 Å². The Kier molecular flexibility index (Phi) is 7.59. The standard InChI is InChI=1S/C15H23N3OS.2ClH/c1-10-17-12-4-3-5-13(14(12)20-10)18(2)15(19)11-6-8-16-9-7-11;;/h11,13,16H,3-9H2,1-2H3;2*1H. The number of hydrogen-bond donors (Lipinski definition) is 1. The van der Waals surface area contributed by atoms with Gasteiger partial charge in [-0.05, 0) is 52.1 Å². The molecule has 1 fully saturated rings. The first-order chi connectivity index (χ1) is 9.66. The van der Waals surface area contributed by atoms with Crippen molar-refractivity contribution in [3.63, 3.8) is 0 Å². The Morgan fingerprint density at radius 3 is 2.64 bits per heavy atom. The van der Waals surface area contributed by atoms with Gasteiger partial charge in [0.25, 0.3) is 0 Å². The highest BCUT2D eigenvalue weighted by Crippen LogP contribution is 2.38. The number of nitrogens with one attached hydrogen (secondary N) is 1. The molecule has 1 aliphatic heterocycles. The summed E-state index contributed by atoms with van der Waals surface area (Å²) in [5.74, 6) is 0.538. The maximum atomic E-state index is 12.7. The number of carbonyl (C=O) groups excluding carboxylic acids is 1. The summed E-state index contributed by atoms with van der Waals surface area (Å²) in [6.45, 7) is 4.01. The summed E-state index contributed by atoms with van der Waals surface area (Å²) >= 11 is 1.77. The van der Waals surface area contributed by atoms with Crippen LogP contribution in [-0.4, -0.2) is 35.9 Å². The number of fused-ring (bicyclic) bond motifs is 1. The molecule has 1 aromatic rings. The highest BCUT2D eigenvalue weighted by Gasteiger charge is 2.32. The minimum absolute atomic E-state index is 0. The van der Waals surface area contributed by atoms with Crippen LogP contribution in [-0.2, 0) is 11.2 Å². The maximum absolute atomic E-state index is 12.7. The van der Waals surface area contributed by atoms with Crippen molar-refractivity contribution in [1.82, 2.24) is 15.2 Å². The minimum atomic E-state index is 0. The zero-order valence-electron chi connectivity index (χ0n) is 13.1. The van der Waals surface area contributed by atoms with Gasteiger partial charge < -0.3 is 10.2 Å². The smallest absolute Gasteiger partial charge is 0.226 e.